The average molecular weight is 269 g/mol. The molecule has 6 heteroatoms. The molecule has 1 amide bonds. The van der Waals surface area contributed by atoms with Crippen molar-refractivity contribution in [2.75, 3.05) is 18.2 Å². The minimum Gasteiger partial charge on any atom is -0.391 e. The first-order valence-electron chi connectivity index (χ1n) is 5.36. The van der Waals surface area contributed by atoms with E-state index in [9.17, 15) is 9.90 Å². The number of hydrogen-bond donors (Lipinski definition) is 3. The molecule has 0 aromatic heterocycles. The maximum atomic E-state index is 11.5. The van der Waals surface area contributed by atoms with Crippen LogP contribution in [0.1, 0.15) is 20.3 Å². The summed E-state index contributed by atoms with van der Waals surface area (Å²) in [6.45, 7) is 4.47. The zero-order chi connectivity index (χ0) is 11.3. The molecule has 0 aromatic carbocycles. The summed E-state index contributed by atoms with van der Waals surface area (Å²) in [5.41, 5.74) is 0. The molecule has 0 radical (unpaired) electrons. The van der Waals surface area contributed by atoms with Crippen LogP contribution in [0.3, 0.4) is 0 Å². The summed E-state index contributed by atoms with van der Waals surface area (Å²) in [7, 11) is 0. The highest BCUT2D eigenvalue weighted by atomic mass is 35.5. The monoisotopic (exact) mass is 268 g/mol. The number of halogens is 1. The van der Waals surface area contributed by atoms with Gasteiger partial charge in [-0.2, -0.15) is 0 Å². The van der Waals surface area contributed by atoms with Crippen molar-refractivity contribution in [3.63, 3.8) is 0 Å². The maximum absolute atomic E-state index is 11.5. The molecule has 3 N–H and O–H groups in total. The number of aliphatic hydroxyl groups is 1. The topological polar surface area (TPSA) is 61.4 Å². The number of amides is 1. The Kier molecular flexibility index (Phi) is 8.18. The predicted octanol–water partition coefficient (Wildman–Crippen LogP) is 0.594. The van der Waals surface area contributed by atoms with E-state index in [0.717, 1.165) is 18.1 Å². The molecule has 0 aliphatic carbocycles. The normalized spacial score (nSPS) is 21.6. The fourth-order valence-corrected chi connectivity index (χ4v) is 2.47. The minimum atomic E-state index is -0.428. The third-order valence-corrected chi connectivity index (χ3v) is 3.23. The summed E-state index contributed by atoms with van der Waals surface area (Å²) in [6, 6.07) is -0.0822. The van der Waals surface area contributed by atoms with Crippen molar-refractivity contribution in [1.29, 1.82) is 0 Å². The number of carbonyl (C=O) groups is 1. The van der Waals surface area contributed by atoms with Crippen LogP contribution >= 0.6 is 24.2 Å². The summed E-state index contributed by atoms with van der Waals surface area (Å²) >= 11 is 1.72. The largest absolute Gasteiger partial charge is 0.391 e. The van der Waals surface area contributed by atoms with Gasteiger partial charge in [-0.05, 0) is 12.3 Å². The van der Waals surface area contributed by atoms with E-state index in [1.165, 1.54) is 0 Å². The number of rotatable bonds is 5. The van der Waals surface area contributed by atoms with E-state index < -0.39 is 6.10 Å². The predicted molar refractivity (Wildman–Crippen MR) is 70.0 cm³/mol. The van der Waals surface area contributed by atoms with Gasteiger partial charge in [0.05, 0.1) is 12.1 Å². The van der Waals surface area contributed by atoms with Crippen LogP contribution in [0.4, 0.5) is 0 Å². The summed E-state index contributed by atoms with van der Waals surface area (Å²) in [5, 5.41) is 15.4. The Hall–Kier alpha value is 0.0300. The van der Waals surface area contributed by atoms with Crippen molar-refractivity contribution in [3.8, 4) is 0 Å². The first-order chi connectivity index (χ1) is 7.09. The molecule has 16 heavy (non-hydrogen) atoms. The lowest BCUT2D eigenvalue weighted by Crippen LogP contribution is -2.44. The molecule has 0 bridgehead atoms. The van der Waals surface area contributed by atoms with E-state index in [-0.39, 0.29) is 24.4 Å². The van der Waals surface area contributed by atoms with Gasteiger partial charge in [0, 0.05) is 18.2 Å². The average Bonchev–Trinajstić information content (AvgIpc) is 2.65. The van der Waals surface area contributed by atoms with Crippen molar-refractivity contribution >= 4 is 30.1 Å². The molecular formula is C10H21ClN2O2S. The lowest BCUT2D eigenvalue weighted by atomic mass is 10.1. The van der Waals surface area contributed by atoms with Gasteiger partial charge >= 0.3 is 0 Å². The number of nitrogens with one attached hydrogen (secondary N) is 2. The molecule has 0 saturated carbocycles. The molecule has 1 unspecified atom stereocenters. The SMILES string of the molecule is CC(C)CC(O)CNC(=O)[C@H]1CSCN1.Cl. The van der Waals surface area contributed by atoms with E-state index in [2.05, 4.69) is 24.5 Å². The molecule has 1 saturated heterocycles. The number of thioether (sulfide) groups is 1. The van der Waals surface area contributed by atoms with Crippen LogP contribution in [-0.4, -0.2) is 41.3 Å². The Labute approximate surface area is 107 Å². The third-order valence-electron chi connectivity index (χ3n) is 2.29. The summed E-state index contributed by atoms with van der Waals surface area (Å²) in [4.78, 5) is 11.5. The molecule has 2 atom stereocenters. The number of hydrogen-bond acceptors (Lipinski definition) is 4. The lowest BCUT2D eigenvalue weighted by molar-refractivity contribution is -0.122. The van der Waals surface area contributed by atoms with E-state index in [4.69, 9.17) is 0 Å². The summed E-state index contributed by atoms with van der Waals surface area (Å²) in [5.74, 6) is 2.12. The second-order valence-electron chi connectivity index (χ2n) is 4.30. The molecule has 0 spiro atoms. The summed E-state index contributed by atoms with van der Waals surface area (Å²) in [6.07, 6.45) is 0.302. The highest BCUT2D eigenvalue weighted by Gasteiger charge is 2.22. The molecule has 1 heterocycles. The van der Waals surface area contributed by atoms with Crippen LogP contribution in [0.15, 0.2) is 0 Å². The molecule has 4 nitrogen and oxygen atoms in total. The van der Waals surface area contributed by atoms with Gasteiger partial charge in [0.25, 0.3) is 0 Å². The lowest BCUT2D eigenvalue weighted by Gasteiger charge is -2.15. The van der Waals surface area contributed by atoms with Crippen LogP contribution in [0.5, 0.6) is 0 Å². The van der Waals surface area contributed by atoms with Gasteiger partial charge in [-0.15, -0.1) is 24.2 Å². The van der Waals surface area contributed by atoms with E-state index in [1.54, 1.807) is 11.8 Å². The van der Waals surface area contributed by atoms with Crippen molar-refractivity contribution in [1.82, 2.24) is 10.6 Å². The third kappa shape index (κ3) is 5.94. The van der Waals surface area contributed by atoms with Crippen molar-refractivity contribution in [3.05, 3.63) is 0 Å². The second kappa shape index (κ2) is 8.17. The van der Waals surface area contributed by atoms with Gasteiger partial charge < -0.3 is 10.4 Å². The van der Waals surface area contributed by atoms with Gasteiger partial charge in [-0.1, -0.05) is 13.8 Å². The van der Waals surface area contributed by atoms with E-state index in [1.807, 2.05) is 0 Å². The molecular weight excluding hydrogens is 248 g/mol. The smallest absolute Gasteiger partial charge is 0.238 e. The van der Waals surface area contributed by atoms with Crippen LogP contribution < -0.4 is 10.6 Å². The van der Waals surface area contributed by atoms with Gasteiger partial charge in [-0.3, -0.25) is 10.1 Å². The molecule has 1 aliphatic heterocycles. The van der Waals surface area contributed by atoms with Crippen molar-refractivity contribution in [2.45, 2.75) is 32.4 Å². The molecule has 96 valence electrons. The zero-order valence-electron chi connectivity index (χ0n) is 9.73. The number of aliphatic hydroxyl groups excluding tert-OH is 1. The molecule has 1 fully saturated rings. The highest BCUT2D eigenvalue weighted by molar-refractivity contribution is 7.99. The fourth-order valence-electron chi connectivity index (χ4n) is 1.53. The Morgan fingerprint density at radius 1 is 1.62 bits per heavy atom. The first kappa shape index (κ1) is 16.0. The van der Waals surface area contributed by atoms with Crippen LogP contribution in [0, 0.1) is 5.92 Å². The van der Waals surface area contributed by atoms with Gasteiger partial charge in [0.15, 0.2) is 0 Å². The Bertz CT molecular complexity index is 211. The number of carbonyl (C=O) groups excluding carboxylic acids is 1. The van der Waals surface area contributed by atoms with Crippen molar-refractivity contribution < 1.29 is 9.90 Å². The van der Waals surface area contributed by atoms with Gasteiger partial charge in [-0.25, -0.2) is 0 Å². The summed E-state index contributed by atoms with van der Waals surface area (Å²) < 4.78 is 0. The van der Waals surface area contributed by atoms with Crippen molar-refractivity contribution in [2.24, 2.45) is 5.92 Å². The van der Waals surface area contributed by atoms with Crippen LogP contribution in [0.25, 0.3) is 0 Å². The fraction of sp³-hybridized carbons (Fsp3) is 0.900. The van der Waals surface area contributed by atoms with Gasteiger partial charge in [0.1, 0.15) is 0 Å². The first-order valence-corrected chi connectivity index (χ1v) is 6.52. The Balaban J connectivity index is 0.00000225. The van der Waals surface area contributed by atoms with E-state index in [0.29, 0.717) is 12.5 Å². The van der Waals surface area contributed by atoms with Gasteiger partial charge in [0.2, 0.25) is 5.91 Å². The molecule has 0 aromatic rings. The standard InChI is InChI=1S/C10H20N2O2S.ClH/c1-7(2)3-8(13)4-11-10(14)9-5-15-6-12-9;/h7-9,12-13H,3-6H2,1-2H3,(H,11,14);1H/t8?,9-;/m1./s1. The quantitative estimate of drug-likeness (QED) is 0.683. The maximum Gasteiger partial charge on any atom is 0.238 e. The van der Waals surface area contributed by atoms with Crippen LogP contribution in [0.2, 0.25) is 0 Å². The molecule has 1 rings (SSSR count). The highest BCUT2D eigenvalue weighted by Crippen LogP contribution is 2.09. The van der Waals surface area contributed by atoms with Crippen LogP contribution in [-0.2, 0) is 4.79 Å². The van der Waals surface area contributed by atoms with E-state index >= 15 is 0 Å². The minimum absolute atomic E-state index is 0. The zero-order valence-corrected chi connectivity index (χ0v) is 11.4. The Morgan fingerprint density at radius 3 is 2.81 bits per heavy atom. The Morgan fingerprint density at radius 2 is 2.31 bits per heavy atom. The second-order valence-corrected chi connectivity index (χ2v) is 5.33. The molecule has 1 aliphatic rings.